The second kappa shape index (κ2) is 5.17. The number of hydrogen-bond donors (Lipinski definition) is 1. The molecule has 0 amide bonds. The standard InChI is InChI=1S/C13H24N4/c1-4-7-13(2,10-14-11-5-6-11)8-12-9-17(3)16-15-12/h9,11,14H,4-8,10H2,1-3H3. The molecule has 1 fully saturated rings. The number of rotatable bonds is 7. The number of aryl methyl sites for hydroxylation is 1. The van der Waals surface area contributed by atoms with Gasteiger partial charge in [-0.25, -0.2) is 0 Å². The first-order chi connectivity index (χ1) is 8.11. The van der Waals surface area contributed by atoms with Crippen LogP contribution in [0.3, 0.4) is 0 Å². The van der Waals surface area contributed by atoms with E-state index in [0.717, 1.165) is 24.7 Å². The quantitative estimate of drug-likeness (QED) is 0.786. The van der Waals surface area contributed by atoms with Gasteiger partial charge in [-0.05, 0) is 31.1 Å². The van der Waals surface area contributed by atoms with E-state index < -0.39 is 0 Å². The van der Waals surface area contributed by atoms with Crippen LogP contribution in [-0.2, 0) is 13.5 Å². The number of nitrogens with one attached hydrogen (secondary N) is 1. The van der Waals surface area contributed by atoms with Crippen LogP contribution >= 0.6 is 0 Å². The maximum absolute atomic E-state index is 4.21. The zero-order chi connectivity index (χ0) is 12.3. The molecule has 0 aromatic carbocycles. The van der Waals surface area contributed by atoms with Crippen molar-refractivity contribution in [1.29, 1.82) is 0 Å². The third-order valence-electron chi connectivity index (χ3n) is 3.51. The Labute approximate surface area is 104 Å². The zero-order valence-corrected chi connectivity index (χ0v) is 11.2. The van der Waals surface area contributed by atoms with Gasteiger partial charge in [-0.1, -0.05) is 25.5 Å². The van der Waals surface area contributed by atoms with Gasteiger partial charge in [-0.2, -0.15) is 0 Å². The summed E-state index contributed by atoms with van der Waals surface area (Å²) in [5, 5.41) is 11.9. The molecule has 4 nitrogen and oxygen atoms in total. The SMILES string of the molecule is CCCC(C)(CNC1CC1)Cc1cn(C)nn1. The highest BCUT2D eigenvalue weighted by molar-refractivity contribution is 4.99. The first kappa shape index (κ1) is 12.6. The summed E-state index contributed by atoms with van der Waals surface area (Å²) in [6.45, 7) is 5.72. The van der Waals surface area contributed by atoms with Crippen LogP contribution in [0.4, 0.5) is 0 Å². The Bertz CT molecular complexity index is 356. The van der Waals surface area contributed by atoms with Crippen molar-refractivity contribution in [2.24, 2.45) is 12.5 Å². The topological polar surface area (TPSA) is 42.7 Å². The molecule has 17 heavy (non-hydrogen) atoms. The van der Waals surface area contributed by atoms with E-state index in [1.807, 2.05) is 13.2 Å². The summed E-state index contributed by atoms with van der Waals surface area (Å²) in [6, 6.07) is 0.785. The highest BCUT2D eigenvalue weighted by atomic mass is 15.4. The molecule has 1 aromatic heterocycles. The lowest BCUT2D eigenvalue weighted by atomic mass is 9.81. The van der Waals surface area contributed by atoms with E-state index in [1.54, 1.807) is 4.68 Å². The van der Waals surface area contributed by atoms with Crippen molar-refractivity contribution in [1.82, 2.24) is 20.3 Å². The van der Waals surface area contributed by atoms with Crippen LogP contribution in [0.15, 0.2) is 6.20 Å². The Kier molecular flexibility index (Phi) is 3.82. The smallest absolute Gasteiger partial charge is 0.0832 e. The molecule has 0 bridgehead atoms. The summed E-state index contributed by atoms with van der Waals surface area (Å²) in [6.07, 6.45) is 8.23. The summed E-state index contributed by atoms with van der Waals surface area (Å²) in [5.41, 5.74) is 1.42. The van der Waals surface area contributed by atoms with E-state index in [4.69, 9.17) is 0 Å². The lowest BCUT2D eigenvalue weighted by Gasteiger charge is -2.29. The summed E-state index contributed by atoms with van der Waals surface area (Å²) in [5.74, 6) is 0. The van der Waals surface area contributed by atoms with Crippen LogP contribution in [0, 0.1) is 5.41 Å². The van der Waals surface area contributed by atoms with Crippen LogP contribution in [0.25, 0.3) is 0 Å². The zero-order valence-electron chi connectivity index (χ0n) is 11.2. The number of aromatic nitrogens is 3. The third-order valence-corrected chi connectivity index (χ3v) is 3.51. The molecule has 1 atom stereocenters. The molecule has 1 unspecified atom stereocenters. The predicted octanol–water partition coefficient (Wildman–Crippen LogP) is 1.92. The molecule has 0 spiro atoms. The number of hydrogen-bond acceptors (Lipinski definition) is 3. The monoisotopic (exact) mass is 236 g/mol. The maximum atomic E-state index is 4.21. The molecule has 96 valence electrons. The summed E-state index contributed by atoms with van der Waals surface area (Å²) >= 11 is 0. The first-order valence-electron chi connectivity index (χ1n) is 6.70. The molecule has 1 N–H and O–H groups in total. The fraction of sp³-hybridized carbons (Fsp3) is 0.846. The summed E-state index contributed by atoms with van der Waals surface area (Å²) in [7, 11) is 1.93. The van der Waals surface area contributed by atoms with Crippen molar-refractivity contribution in [2.45, 2.75) is 52.0 Å². The Hall–Kier alpha value is -0.900. The van der Waals surface area contributed by atoms with Crippen LogP contribution in [0.1, 0.15) is 45.2 Å². The van der Waals surface area contributed by atoms with Gasteiger partial charge in [0.15, 0.2) is 0 Å². The van der Waals surface area contributed by atoms with Crippen LogP contribution in [0.2, 0.25) is 0 Å². The van der Waals surface area contributed by atoms with Crippen LogP contribution in [-0.4, -0.2) is 27.6 Å². The highest BCUT2D eigenvalue weighted by Crippen LogP contribution is 2.29. The van der Waals surface area contributed by atoms with Crippen molar-refractivity contribution >= 4 is 0 Å². The molecule has 1 saturated carbocycles. The van der Waals surface area contributed by atoms with E-state index in [2.05, 4.69) is 29.5 Å². The van der Waals surface area contributed by atoms with Crippen molar-refractivity contribution in [3.8, 4) is 0 Å². The van der Waals surface area contributed by atoms with Crippen molar-refractivity contribution < 1.29 is 0 Å². The summed E-state index contributed by atoms with van der Waals surface area (Å²) < 4.78 is 1.79. The predicted molar refractivity (Wildman–Crippen MR) is 68.7 cm³/mol. The molecule has 0 aliphatic heterocycles. The molecular formula is C13H24N4. The fourth-order valence-electron chi connectivity index (χ4n) is 2.43. The molecule has 1 aromatic rings. The maximum Gasteiger partial charge on any atom is 0.0832 e. The second-order valence-corrected chi connectivity index (χ2v) is 5.78. The third kappa shape index (κ3) is 3.80. The van der Waals surface area contributed by atoms with Gasteiger partial charge in [0, 0.05) is 25.8 Å². The largest absolute Gasteiger partial charge is 0.313 e. The minimum atomic E-state index is 0.313. The van der Waals surface area contributed by atoms with E-state index in [9.17, 15) is 0 Å². The fourth-order valence-corrected chi connectivity index (χ4v) is 2.43. The van der Waals surface area contributed by atoms with Gasteiger partial charge in [0.05, 0.1) is 5.69 Å². The average molecular weight is 236 g/mol. The normalized spacial score (nSPS) is 19.2. The van der Waals surface area contributed by atoms with Gasteiger partial charge in [0.25, 0.3) is 0 Å². The Morgan fingerprint density at radius 1 is 1.53 bits per heavy atom. The average Bonchev–Trinajstić information content (AvgIpc) is 3.01. The molecule has 1 heterocycles. The van der Waals surface area contributed by atoms with Gasteiger partial charge in [0.2, 0.25) is 0 Å². The van der Waals surface area contributed by atoms with Gasteiger partial charge in [0.1, 0.15) is 0 Å². The molecular weight excluding hydrogens is 212 g/mol. The van der Waals surface area contributed by atoms with E-state index in [0.29, 0.717) is 5.41 Å². The van der Waals surface area contributed by atoms with E-state index in [-0.39, 0.29) is 0 Å². The molecule has 4 heteroatoms. The first-order valence-corrected chi connectivity index (χ1v) is 6.70. The van der Waals surface area contributed by atoms with Crippen molar-refractivity contribution in [3.05, 3.63) is 11.9 Å². The second-order valence-electron chi connectivity index (χ2n) is 5.78. The van der Waals surface area contributed by atoms with Gasteiger partial charge in [-0.3, -0.25) is 4.68 Å². The number of nitrogens with zero attached hydrogens (tertiary/aromatic N) is 3. The lowest BCUT2D eigenvalue weighted by molar-refractivity contribution is 0.271. The Morgan fingerprint density at radius 3 is 2.82 bits per heavy atom. The molecule has 0 radical (unpaired) electrons. The Morgan fingerprint density at radius 2 is 2.29 bits per heavy atom. The van der Waals surface area contributed by atoms with Crippen LogP contribution in [0.5, 0.6) is 0 Å². The van der Waals surface area contributed by atoms with Crippen molar-refractivity contribution in [2.75, 3.05) is 6.54 Å². The molecule has 1 aliphatic carbocycles. The van der Waals surface area contributed by atoms with Gasteiger partial charge < -0.3 is 5.32 Å². The molecule has 1 aliphatic rings. The van der Waals surface area contributed by atoms with Crippen molar-refractivity contribution in [3.63, 3.8) is 0 Å². The molecule has 2 rings (SSSR count). The minimum Gasteiger partial charge on any atom is -0.313 e. The van der Waals surface area contributed by atoms with Gasteiger partial charge >= 0.3 is 0 Å². The minimum absolute atomic E-state index is 0.313. The van der Waals surface area contributed by atoms with Gasteiger partial charge in [-0.15, -0.1) is 5.10 Å². The lowest BCUT2D eigenvalue weighted by Crippen LogP contribution is -2.35. The van der Waals surface area contributed by atoms with E-state index >= 15 is 0 Å². The highest BCUT2D eigenvalue weighted by Gasteiger charge is 2.29. The van der Waals surface area contributed by atoms with E-state index in [1.165, 1.54) is 25.7 Å². The van der Waals surface area contributed by atoms with Crippen LogP contribution < -0.4 is 5.32 Å². The molecule has 0 saturated heterocycles. The Balaban J connectivity index is 1.93. The summed E-state index contributed by atoms with van der Waals surface area (Å²) in [4.78, 5) is 0.